The summed E-state index contributed by atoms with van der Waals surface area (Å²) in [6, 6.07) is 13.7. The average molecular weight is 404 g/mol. The molecule has 0 radical (unpaired) electrons. The van der Waals surface area contributed by atoms with Crippen LogP contribution in [0.15, 0.2) is 53.4 Å². The monoisotopic (exact) mass is 403 g/mol. The summed E-state index contributed by atoms with van der Waals surface area (Å²) in [5.74, 6) is 0.454. The van der Waals surface area contributed by atoms with Gasteiger partial charge >= 0.3 is 0 Å². The van der Waals surface area contributed by atoms with Crippen molar-refractivity contribution < 1.29 is 17.9 Å². The molecule has 0 atom stereocenters. The third-order valence-electron chi connectivity index (χ3n) is 4.47. The number of nitrogens with zero attached hydrogens (tertiary/aromatic N) is 1. The van der Waals surface area contributed by atoms with Crippen LogP contribution in [0.3, 0.4) is 0 Å². The van der Waals surface area contributed by atoms with Crippen molar-refractivity contribution >= 4 is 27.3 Å². The fourth-order valence-electron chi connectivity index (χ4n) is 3.06. The van der Waals surface area contributed by atoms with E-state index in [1.165, 1.54) is 16.4 Å². The lowest BCUT2D eigenvalue weighted by Crippen LogP contribution is -2.27. The van der Waals surface area contributed by atoms with Crippen LogP contribution in [-0.4, -0.2) is 44.9 Å². The Balaban J connectivity index is 1.58. The number of carbonyl (C=O) groups is 1. The second-order valence-corrected chi connectivity index (χ2v) is 8.40. The molecule has 8 heteroatoms. The third kappa shape index (κ3) is 4.82. The molecule has 3 rings (SSSR count). The fraction of sp³-hybridized carbons (Fsp3) is 0.350. The molecular formula is C20H25N3O4S. The highest BCUT2D eigenvalue weighted by molar-refractivity contribution is 7.89. The van der Waals surface area contributed by atoms with E-state index in [2.05, 4.69) is 10.6 Å². The molecule has 1 fully saturated rings. The number of hydrogen-bond donors (Lipinski definition) is 2. The molecule has 0 aromatic heterocycles. The van der Waals surface area contributed by atoms with Crippen molar-refractivity contribution in [2.24, 2.45) is 0 Å². The van der Waals surface area contributed by atoms with Gasteiger partial charge in [0.25, 0.3) is 0 Å². The number of sulfonamides is 1. The van der Waals surface area contributed by atoms with E-state index < -0.39 is 10.0 Å². The minimum atomic E-state index is -3.45. The van der Waals surface area contributed by atoms with Crippen LogP contribution in [0.2, 0.25) is 0 Å². The Morgan fingerprint density at radius 2 is 1.75 bits per heavy atom. The van der Waals surface area contributed by atoms with E-state index in [0.717, 1.165) is 18.5 Å². The van der Waals surface area contributed by atoms with Crippen LogP contribution < -0.4 is 15.4 Å². The van der Waals surface area contributed by atoms with Crippen molar-refractivity contribution in [1.82, 2.24) is 4.31 Å². The van der Waals surface area contributed by atoms with Gasteiger partial charge in [-0.2, -0.15) is 4.31 Å². The van der Waals surface area contributed by atoms with Gasteiger partial charge < -0.3 is 15.4 Å². The first kappa shape index (κ1) is 20.2. The van der Waals surface area contributed by atoms with Crippen molar-refractivity contribution in [2.45, 2.75) is 24.7 Å². The van der Waals surface area contributed by atoms with Gasteiger partial charge in [0.05, 0.1) is 23.7 Å². The van der Waals surface area contributed by atoms with E-state index in [-0.39, 0.29) is 17.3 Å². The highest BCUT2D eigenvalue weighted by atomic mass is 32.2. The van der Waals surface area contributed by atoms with Crippen molar-refractivity contribution in [1.29, 1.82) is 0 Å². The van der Waals surface area contributed by atoms with E-state index in [9.17, 15) is 13.2 Å². The van der Waals surface area contributed by atoms with Crippen molar-refractivity contribution in [3.05, 3.63) is 48.5 Å². The predicted molar refractivity (Wildman–Crippen MR) is 109 cm³/mol. The van der Waals surface area contributed by atoms with Crippen LogP contribution in [0.4, 0.5) is 11.4 Å². The molecule has 0 bridgehead atoms. The Morgan fingerprint density at radius 3 is 2.43 bits per heavy atom. The lowest BCUT2D eigenvalue weighted by molar-refractivity contribution is -0.114. The molecule has 28 heavy (non-hydrogen) atoms. The van der Waals surface area contributed by atoms with Crippen LogP contribution in [0.25, 0.3) is 0 Å². The summed E-state index contributed by atoms with van der Waals surface area (Å²) in [5, 5.41) is 5.81. The Morgan fingerprint density at radius 1 is 1.07 bits per heavy atom. The first-order valence-corrected chi connectivity index (χ1v) is 10.8. The molecule has 1 heterocycles. The van der Waals surface area contributed by atoms with Crippen LogP contribution in [-0.2, 0) is 14.8 Å². The second-order valence-electron chi connectivity index (χ2n) is 6.47. The Kier molecular flexibility index (Phi) is 6.53. The number of amides is 1. The van der Waals surface area contributed by atoms with Gasteiger partial charge in [-0.25, -0.2) is 8.42 Å². The summed E-state index contributed by atoms with van der Waals surface area (Å²) in [6.07, 6.45) is 1.79. The zero-order valence-electron chi connectivity index (χ0n) is 15.8. The maximum atomic E-state index is 12.5. The highest BCUT2D eigenvalue weighted by Crippen LogP contribution is 2.24. The standard InChI is InChI=1S/C20H25N3O4S/c1-2-27-19-8-4-3-7-18(19)21-15-20(24)22-16-9-11-17(12-10-16)28(25,26)23-13-5-6-14-23/h3-4,7-12,21H,2,5-6,13-15H2,1H3,(H,22,24). The SMILES string of the molecule is CCOc1ccccc1NCC(=O)Nc1ccc(S(=O)(=O)N2CCCC2)cc1. The molecule has 1 saturated heterocycles. The van der Waals surface area contributed by atoms with Gasteiger partial charge in [-0.15, -0.1) is 0 Å². The summed E-state index contributed by atoms with van der Waals surface area (Å²) < 4.78 is 32.1. The van der Waals surface area contributed by atoms with Gasteiger partial charge in [0, 0.05) is 18.8 Å². The van der Waals surface area contributed by atoms with E-state index in [1.54, 1.807) is 12.1 Å². The Hall–Kier alpha value is -2.58. The molecule has 7 nitrogen and oxygen atoms in total. The third-order valence-corrected chi connectivity index (χ3v) is 6.38. The maximum absolute atomic E-state index is 12.5. The summed E-state index contributed by atoms with van der Waals surface area (Å²) >= 11 is 0. The van der Waals surface area contributed by atoms with Gasteiger partial charge in [-0.3, -0.25) is 4.79 Å². The van der Waals surface area contributed by atoms with Crippen LogP contribution in [0.1, 0.15) is 19.8 Å². The zero-order valence-corrected chi connectivity index (χ0v) is 16.7. The summed E-state index contributed by atoms with van der Waals surface area (Å²) in [4.78, 5) is 12.5. The van der Waals surface area contributed by atoms with E-state index in [4.69, 9.17) is 4.74 Å². The normalized spacial score (nSPS) is 14.6. The first-order valence-electron chi connectivity index (χ1n) is 9.36. The van der Waals surface area contributed by atoms with Crippen LogP contribution in [0, 0.1) is 0 Å². The molecule has 150 valence electrons. The average Bonchev–Trinajstić information content (AvgIpc) is 3.24. The molecule has 0 spiro atoms. The lowest BCUT2D eigenvalue weighted by Gasteiger charge is -2.16. The van der Waals surface area contributed by atoms with Crippen LogP contribution >= 0.6 is 0 Å². The molecule has 0 aliphatic carbocycles. The topological polar surface area (TPSA) is 87.7 Å². The summed E-state index contributed by atoms with van der Waals surface area (Å²) in [7, 11) is -3.45. The molecule has 0 saturated carbocycles. The molecule has 2 aromatic carbocycles. The van der Waals surface area contributed by atoms with Crippen molar-refractivity contribution in [3.8, 4) is 5.75 Å². The van der Waals surface area contributed by atoms with E-state index >= 15 is 0 Å². The minimum Gasteiger partial charge on any atom is -0.492 e. The minimum absolute atomic E-state index is 0.0674. The number of benzene rings is 2. The molecule has 2 aromatic rings. The Labute approximate surface area is 165 Å². The molecule has 0 unspecified atom stereocenters. The summed E-state index contributed by atoms with van der Waals surface area (Å²) in [6.45, 7) is 3.64. The van der Waals surface area contributed by atoms with E-state index in [0.29, 0.717) is 31.1 Å². The number of carbonyl (C=O) groups excluding carboxylic acids is 1. The quantitative estimate of drug-likeness (QED) is 0.708. The molecule has 2 N–H and O–H groups in total. The number of rotatable bonds is 8. The van der Waals surface area contributed by atoms with Gasteiger partial charge in [0.1, 0.15) is 5.75 Å². The number of nitrogens with one attached hydrogen (secondary N) is 2. The molecular weight excluding hydrogens is 378 g/mol. The van der Waals surface area contributed by atoms with Crippen molar-refractivity contribution in [3.63, 3.8) is 0 Å². The number of hydrogen-bond acceptors (Lipinski definition) is 5. The largest absolute Gasteiger partial charge is 0.492 e. The van der Waals surface area contributed by atoms with Crippen LogP contribution in [0.5, 0.6) is 5.75 Å². The molecule has 1 aliphatic rings. The van der Waals surface area contributed by atoms with Gasteiger partial charge in [0.15, 0.2) is 0 Å². The summed E-state index contributed by atoms with van der Waals surface area (Å²) in [5.41, 5.74) is 1.29. The number of anilines is 2. The molecule has 1 aliphatic heterocycles. The number of ether oxygens (including phenoxy) is 1. The Bertz CT molecular complexity index is 907. The van der Waals surface area contributed by atoms with Gasteiger partial charge in [-0.05, 0) is 56.2 Å². The maximum Gasteiger partial charge on any atom is 0.243 e. The van der Waals surface area contributed by atoms with E-state index in [1.807, 2.05) is 31.2 Å². The fourth-order valence-corrected chi connectivity index (χ4v) is 4.58. The van der Waals surface area contributed by atoms with Gasteiger partial charge in [-0.1, -0.05) is 12.1 Å². The number of para-hydroxylation sites is 2. The smallest absolute Gasteiger partial charge is 0.243 e. The highest BCUT2D eigenvalue weighted by Gasteiger charge is 2.26. The second kappa shape index (κ2) is 9.07. The van der Waals surface area contributed by atoms with Gasteiger partial charge in [0.2, 0.25) is 15.9 Å². The lowest BCUT2D eigenvalue weighted by atomic mass is 10.3. The zero-order chi connectivity index (χ0) is 20.0. The van der Waals surface area contributed by atoms with Crippen molar-refractivity contribution in [2.75, 3.05) is 36.9 Å². The molecule has 1 amide bonds. The predicted octanol–water partition coefficient (Wildman–Crippen LogP) is 2.92. The first-order chi connectivity index (χ1) is 13.5.